The first-order valence-corrected chi connectivity index (χ1v) is 14.0. The van der Waals surface area contributed by atoms with Gasteiger partial charge < -0.3 is 39.7 Å². The molecule has 224 valence electrons. The number of likely N-dealkylation sites (tertiary alicyclic amines) is 1. The van der Waals surface area contributed by atoms with E-state index < -0.39 is 89.6 Å². The zero-order valence-corrected chi connectivity index (χ0v) is 23.2. The lowest BCUT2D eigenvalue weighted by molar-refractivity contribution is -0.261. The zero-order chi connectivity index (χ0) is 30.1. The van der Waals surface area contributed by atoms with Crippen LogP contribution < -0.4 is 4.74 Å². The predicted octanol–water partition coefficient (Wildman–Crippen LogP) is 0.748. The van der Waals surface area contributed by atoms with Gasteiger partial charge in [-0.3, -0.25) is 19.3 Å². The molecule has 6 rings (SSSR count). The first-order chi connectivity index (χ1) is 20.0. The number of aliphatic hydroxyl groups excluding tert-OH is 2. The number of ketones is 3. The Bertz CT molecular complexity index is 1480. The summed E-state index contributed by atoms with van der Waals surface area (Å²) >= 11 is 0. The molecular formula is C30H33NO11. The molecule has 0 spiro atoms. The van der Waals surface area contributed by atoms with Crippen molar-refractivity contribution in [2.24, 2.45) is 0 Å². The van der Waals surface area contributed by atoms with Crippen LogP contribution in [0.25, 0.3) is 0 Å². The number of hydrogen-bond acceptors (Lipinski definition) is 12. The molecule has 2 aliphatic carbocycles. The number of aliphatic hydroxyl groups is 3. The van der Waals surface area contributed by atoms with E-state index in [2.05, 4.69) is 4.90 Å². The monoisotopic (exact) mass is 583 g/mol. The van der Waals surface area contributed by atoms with E-state index in [1.807, 2.05) is 0 Å². The van der Waals surface area contributed by atoms with Crippen molar-refractivity contribution < 1.29 is 54.1 Å². The number of Topliss-reactive ketones (excluding diaryl/α,β-unsaturated/α-hetero) is 1. The van der Waals surface area contributed by atoms with Crippen molar-refractivity contribution in [2.45, 2.75) is 68.9 Å². The summed E-state index contributed by atoms with van der Waals surface area (Å²) in [5.74, 6) is -3.62. The number of carbonyl (C=O) groups excluding carboxylic acids is 3. The van der Waals surface area contributed by atoms with Crippen LogP contribution in [0.4, 0.5) is 0 Å². The maximum absolute atomic E-state index is 13.8. The molecule has 4 aliphatic rings. The number of hydrogen-bond donors (Lipinski definition) is 5. The number of fused-ring (bicyclic) bond motifs is 3. The second kappa shape index (κ2) is 10.4. The van der Waals surface area contributed by atoms with Gasteiger partial charge in [-0.1, -0.05) is 12.1 Å². The Balaban J connectivity index is 1.47. The molecule has 6 atom stereocenters. The van der Waals surface area contributed by atoms with Gasteiger partial charge in [0.25, 0.3) is 0 Å². The topological polar surface area (TPSA) is 183 Å². The predicted molar refractivity (Wildman–Crippen MR) is 144 cm³/mol. The summed E-state index contributed by atoms with van der Waals surface area (Å²) in [7, 11) is 1.34. The van der Waals surface area contributed by atoms with Crippen molar-refractivity contribution in [3.63, 3.8) is 0 Å². The van der Waals surface area contributed by atoms with Gasteiger partial charge in [0.15, 0.2) is 17.9 Å². The molecule has 12 nitrogen and oxygen atoms in total. The van der Waals surface area contributed by atoms with Crippen molar-refractivity contribution in [3.05, 3.63) is 51.6 Å². The standard InChI is InChI=1S/C30H33NO11/c1-13-25(34)16(31-7-4-8-31)9-20(41-13)42-18-11-30(39,19(33)12-32)10-15-22(18)29(38)24-23(27(15)36)26(35)14-5-3-6-17(40-2)21(14)28(24)37/h3,5-6,13,16,18,20,25,32,34,36,38-39H,4,7-12H2,1-2H3/t13-,16-,18-,20-,25+,30-/m0/s1. The lowest BCUT2D eigenvalue weighted by Gasteiger charge is -2.48. The maximum atomic E-state index is 13.8. The van der Waals surface area contributed by atoms with E-state index >= 15 is 0 Å². The molecule has 12 heteroatoms. The molecule has 0 amide bonds. The van der Waals surface area contributed by atoms with E-state index in [-0.39, 0.29) is 40.5 Å². The molecule has 0 radical (unpaired) electrons. The Morgan fingerprint density at radius 2 is 1.83 bits per heavy atom. The minimum atomic E-state index is -2.22. The second-order valence-electron chi connectivity index (χ2n) is 11.5. The number of carbonyl (C=O) groups is 3. The van der Waals surface area contributed by atoms with Gasteiger partial charge in [0.1, 0.15) is 29.5 Å². The van der Waals surface area contributed by atoms with Crippen LogP contribution in [0.3, 0.4) is 0 Å². The van der Waals surface area contributed by atoms with Gasteiger partial charge in [0.05, 0.1) is 42.1 Å². The average molecular weight is 584 g/mol. The van der Waals surface area contributed by atoms with Crippen molar-refractivity contribution in [2.75, 3.05) is 26.8 Å². The molecule has 2 aliphatic heterocycles. The van der Waals surface area contributed by atoms with Crippen LogP contribution >= 0.6 is 0 Å². The quantitative estimate of drug-likeness (QED) is 0.257. The smallest absolute Gasteiger partial charge is 0.202 e. The van der Waals surface area contributed by atoms with Crippen molar-refractivity contribution in [1.29, 1.82) is 0 Å². The van der Waals surface area contributed by atoms with Crippen molar-refractivity contribution in [1.82, 2.24) is 4.90 Å². The number of rotatable bonds is 6. The molecular weight excluding hydrogens is 550 g/mol. The van der Waals surface area contributed by atoms with E-state index in [0.29, 0.717) is 0 Å². The number of methoxy groups -OCH3 is 1. The van der Waals surface area contributed by atoms with E-state index in [1.54, 1.807) is 6.92 Å². The van der Waals surface area contributed by atoms with Crippen LogP contribution in [-0.2, 0) is 20.7 Å². The number of phenols is 2. The van der Waals surface area contributed by atoms with Crippen LogP contribution in [0.15, 0.2) is 18.2 Å². The molecule has 0 bridgehead atoms. The Kier molecular flexibility index (Phi) is 7.11. The number of phenolic OH excluding ortho intramolecular Hbond substituents is 2. The second-order valence-corrected chi connectivity index (χ2v) is 11.5. The van der Waals surface area contributed by atoms with Gasteiger partial charge >= 0.3 is 0 Å². The fourth-order valence-corrected chi connectivity index (χ4v) is 6.73. The van der Waals surface area contributed by atoms with Crippen LogP contribution in [0, 0.1) is 0 Å². The maximum Gasteiger partial charge on any atom is 0.202 e. The highest BCUT2D eigenvalue weighted by atomic mass is 16.7. The fraction of sp³-hybridized carbons (Fsp3) is 0.500. The summed E-state index contributed by atoms with van der Waals surface area (Å²) in [5, 5.41) is 54.8. The molecule has 0 saturated carbocycles. The summed E-state index contributed by atoms with van der Waals surface area (Å²) in [6.07, 6.45) is -3.38. The third kappa shape index (κ3) is 4.24. The summed E-state index contributed by atoms with van der Waals surface area (Å²) in [5.41, 5.74) is -3.43. The van der Waals surface area contributed by atoms with Gasteiger partial charge in [-0.05, 0) is 32.5 Å². The van der Waals surface area contributed by atoms with Crippen LogP contribution in [0.5, 0.6) is 17.2 Å². The number of ether oxygens (including phenoxy) is 3. The molecule has 5 N–H and O–H groups in total. The highest BCUT2D eigenvalue weighted by molar-refractivity contribution is 6.31. The van der Waals surface area contributed by atoms with Crippen LogP contribution in [0.2, 0.25) is 0 Å². The van der Waals surface area contributed by atoms with Gasteiger partial charge in [-0.15, -0.1) is 0 Å². The Labute approximate surface area is 241 Å². The molecule has 2 aromatic rings. The van der Waals surface area contributed by atoms with Gasteiger partial charge in [-0.2, -0.15) is 0 Å². The molecule has 2 fully saturated rings. The normalized spacial score (nSPS) is 30.6. The van der Waals surface area contributed by atoms with E-state index in [9.17, 15) is 39.9 Å². The lowest BCUT2D eigenvalue weighted by atomic mass is 9.72. The third-order valence-corrected chi connectivity index (χ3v) is 9.09. The van der Waals surface area contributed by atoms with Gasteiger partial charge in [0.2, 0.25) is 5.78 Å². The number of aromatic hydroxyl groups is 2. The van der Waals surface area contributed by atoms with Gasteiger partial charge in [0, 0.05) is 42.0 Å². The highest BCUT2D eigenvalue weighted by Gasteiger charge is 2.50. The first kappa shape index (κ1) is 28.7. The van der Waals surface area contributed by atoms with Gasteiger partial charge in [-0.25, -0.2) is 0 Å². The number of benzene rings is 2. The minimum Gasteiger partial charge on any atom is -0.507 e. The lowest BCUT2D eigenvalue weighted by Crippen LogP contribution is -2.59. The molecule has 0 aromatic heterocycles. The highest BCUT2D eigenvalue weighted by Crippen LogP contribution is 2.52. The molecule has 2 heterocycles. The molecule has 2 aromatic carbocycles. The summed E-state index contributed by atoms with van der Waals surface area (Å²) in [6.45, 7) is 2.31. The summed E-state index contributed by atoms with van der Waals surface area (Å²) < 4.78 is 17.5. The first-order valence-electron chi connectivity index (χ1n) is 14.0. The fourth-order valence-electron chi connectivity index (χ4n) is 6.73. The molecule has 42 heavy (non-hydrogen) atoms. The molecule has 2 saturated heterocycles. The largest absolute Gasteiger partial charge is 0.507 e. The Morgan fingerprint density at radius 1 is 1.12 bits per heavy atom. The Morgan fingerprint density at radius 3 is 2.48 bits per heavy atom. The van der Waals surface area contributed by atoms with Crippen LogP contribution in [0.1, 0.15) is 75.3 Å². The van der Waals surface area contributed by atoms with E-state index in [0.717, 1.165) is 19.5 Å². The molecule has 0 unspecified atom stereocenters. The number of nitrogens with zero attached hydrogens (tertiary/aromatic N) is 1. The summed E-state index contributed by atoms with van der Waals surface area (Å²) in [4.78, 5) is 42.2. The van der Waals surface area contributed by atoms with E-state index in [4.69, 9.17) is 14.2 Å². The van der Waals surface area contributed by atoms with Crippen molar-refractivity contribution in [3.8, 4) is 17.2 Å². The van der Waals surface area contributed by atoms with Crippen LogP contribution in [-0.4, -0.2) is 105 Å². The Hall–Kier alpha value is -3.39. The zero-order valence-electron chi connectivity index (χ0n) is 23.2. The van der Waals surface area contributed by atoms with E-state index in [1.165, 1.54) is 25.3 Å². The average Bonchev–Trinajstić information content (AvgIpc) is 2.94. The summed E-state index contributed by atoms with van der Waals surface area (Å²) in [6, 6.07) is 4.14. The SMILES string of the molecule is COc1cccc2c1C(=O)c1c(O)c3c(c(O)c1C2=O)C[C@@](O)(C(=O)CO)C[C@@H]3O[C@H]1C[C@H](N2CCC2)[C@H](O)[C@H](C)O1. The third-order valence-electron chi connectivity index (χ3n) is 9.09. The minimum absolute atomic E-state index is 0.0352. The van der Waals surface area contributed by atoms with Crippen molar-refractivity contribution >= 4 is 17.3 Å².